The molecular weight excluding hydrogens is 320 g/mol. The molecule has 0 fully saturated rings. The molecule has 0 saturated heterocycles. The molecule has 3 aromatic rings. The van der Waals surface area contributed by atoms with Gasteiger partial charge in [0.25, 0.3) is 0 Å². The fourth-order valence-corrected chi connectivity index (χ4v) is 4.02. The Bertz CT molecular complexity index is 786. The molecule has 2 heteroatoms. The Morgan fingerprint density at radius 3 is 1.62 bits per heavy atom. The lowest BCUT2D eigenvalue weighted by Crippen LogP contribution is -2.42. The molecule has 0 aliphatic heterocycles. The minimum Gasteiger partial charge on any atom is -0.481 e. The first-order valence-corrected chi connectivity index (χ1v) is 9.06. The molecule has 0 saturated carbocycles. The number of benzene rings is 3. The normalized spacial score (nSPS) is 12.5. The van der Waals surface area contributed by atoms with E-state index in [1.807, 2.05) is 61.5 Å². The molecule has 0 bridgehead atoms. The molecule has 1 unspecified atom stereocenters. The predicted octanol–water partition coefficient (Wildman–Crippen LogP) is 5.33. The lowest BCUT2D eigenvalue weighted by molar-refractivity contribution is -0.144. The molecule has 0 aliphatic carbocycles. The number of hydrogen-bond donors (Lipinski definition) is 1. The van der Waals surface area contributed by atoms with Gasteiger partial charge in [0.15, 0.2) is 0 Å². The molecule has 132 valence electrons. The smallest absolute Gasteiger partial charge is 0.307 e. The Labute approximate surface area is 155 Å². The van der Waals surface area contributed by atoms with Gasteiger partial charge in [-0.25, -0.2) is 0 Å². The fraction of sp³-hybridized carbons (Fsp3) is 0.208. The third-order valence-corrected chi connectivity index (χ3v) is 5.20. The summed E-state index contributed by atoms with van der Waals surface area (Å²) in [5.41, 5.74) is 2.61. The number of rotatable bonds is 7. The van der Waals surface area contributed by atoms with Crippen LogP contribution in [0.2, 0.25) is 0 Å². The van der Waals surface area contributed by atoms with E-state index in [1.54, 1.807) is 0 Å². The van der Waals surface area contributed by atoms with Crippen LogP contribution in [0.15, 0.2) is 91.0 Å². The van der Waals surface area contributed by atoms with Crippen molar-refractivity contribution in [3.8, 4) is 0 Å². The van der Waals surface area contributed by atoms with Gasteiger partial charge in [-0.05, 0) is 29.5 Å². The molecular formula is C24H24O2. The van der Waals surface area contributed by atoms with Crippen molar-refractivity contribution in [3.63, 3.8) is 0 Å². The van der Waals surface area contributed by atoms with Gasteiger partial charge in [0.05, 0.1) is 5.92 Å². The Morgan fingerprint density at radius 1 is 0.808 bits per heavy atom. The Morgan fingerprint density at radius 2 is 1.23 bits per heavy atom. The van der Waals surface area contributed by atoms with Crippen molar-refractivity contribution in [1.29, 1.82) is 0 Å². The van der Waals surface area contributed by atoms with E-state index in [9.17, 15) is 9.90 Å². The van der Waals surface area contributed by atoms with Crippen molar-refractivity contribution in [2.24, 2.45) is 5.92 Å². The highest BCUT2D eigenvalue weighted by atomic mass is 16.4. The number of carbonyl (C=O) groups is 1. The third-order valence-electron chi connectivity index (χ3n) is 5.20. The van der Waals surface area contributed by atoms with Gasteiger partial charge in [0.1, 0.15) is 0 Å². The highest BCUT2D eigenvalue weighted by Crippen LogP contribution is 2.44. The van der Waals surface area contributed by atoms with Crippen LogP contribution in [-0.2, 0) is 16.6 Å². The first-order chi connectivity index (χ1) is 12.7. The van der Waals surface area contributed by atoms with E-state index in [2.05, 4.69) is 36.4 Å². The largest absolute Gasteiger partial charge is 0.481 e. The minimum atomic E-state index is -0.754. The van der Waals surface area contributed by atoms with Crippen LogP contribution in [0.25, 0.3) is 0 Å². The van der Waals surface area contributed by atoms with Gasteiger partial charge in [-0.2, -0.15) is 0 Å². The van der Waals surface area contributed by atoms with Crippen LogP contribution in [0.4, 0.5) is 0 Å². The van der Waals surface area contributed by atoms with Crippen molar-refractivity contribution in [2.45, 2.75) is 25.2 Å². The van der Waals surface area contributed by atoms with Crippen molar-refractivity contribution in [2.75, 3.05) is 0 Å². The molecule has 0 spiro atoms. The van der Waals surface area contributed by atoms with E-state index in [4.69, 9.17) is 0 Å². The van der Waals surface area contributed by atoms with Crippen molar-refractivity contribution < 1.29 is 9.90 Å². The summed E-state index contributed by atoms with van der Waals surface area (Å²) < 4.78 is 0. The molecule has 26 heavy (non-hydrogen) atoms. The highest BCUT2D eigenvalue weighted by Gasteiger charge is 2.45. The van der Waals surface area contributed by atoms with E-state index in [1.165, 1.54) is 0 Å². The lowest BCUT2D eigenvalue weighted by Gasteiger charge is -2.40. The van der Waals surface area contributed by atoms with E-state index < -0.39 is 17.3 Å². The zero-order valence-corrected chi connectivity index (χ0v) is 15.0. The zero-order valence-electron chi connectivity index (χ0n) is 15.0. The molecule has 0 aliphatic rings. The highest BCUT2D eigenvalue weighted by molar-refractivity contribution is 5.74. The number of aliphatic carboxylic acids is 1. The fourth-order valence-electron chi connectivity index (χ4n) is 4.02. The average molecular weight is 344 g/mol. The summed E-state index contributed by atoms with van der Waals surface area (Å²) in [6.45, 7) is 1.96. The molecule has 1 atom stereocenters. The summed E-state index contributed by atoms with van der Waals surface area (Å²) in [7, 11) is 0. The summed E-state index contributed by atoms with van der Waals surface area (Å²) >= 11 is 0. The maximum atomic E-state index is 12.3. The van der Waals surface area contributed by atoms with E-state index in [-0.39, 0.29) is 0 Å². The summed E-state index contributed by atoms with van der Waals surface area (Å²) in [4.78, 5) is 12.3. The van der Waals surface area contributed by atoms with Crippen molar-refractivity contribution in [3.05, 3.63) is 108 Å². The third kappa shape index (κ3) is 3.41. The van der Waals surface area contributed by atoms with Gasteiger partial charge in [0, 0.05) is 5.41 Å². The van der Waals surface area contributed by atoms with Crippen LogP contribution >= 0.6 is 0 Å². The summed E-state index contributed by atoms with van der Waals surface area (Å²) in [5, 5.41) is 10.1. The first-order valence-electron chi connectivity index (χ1n) is 9.06. The number of carboxylic acid groups (broad SMARTS) is 1. The number of hydrogen-bond acceptors (Lipinski definition) is 1. The summed E-state index contributed by atoms with van der Waals surface area (Å²) in [6, 6.07) is 30.3. The standard InChI is InChI=1S/C24H24O2/c1-2-22(23(25)26)24(20-14-8-4-9-15-20,21-16-10-5-11-17-21)18-19-12-6-3-7-13-19/h3-17,22H,2,18H2,1H3,(H,25,26). The maximum absolute atomic E-state index is 12.3. The van der Waals surface area contributed by atoms with Crippen molar-refractivity contribution >= 4 is 5.97 Å². The topological polar surface area (TPSA) is 37.3 Å². The van der Waals surface area contributed by atoms with Crippen LogP contribution in [0.3, 0.4) is 0 Å². The second-order valence-corrected chi connectivity index (χ2v) is 6.66. The van der Waals surface area contributed by atoms with E-state index in [0.29, 0.717) is 12.8 Å². The van der Waals surface area contributed by atoms with E-state index >= 15 is 0 Å². The maximum Gasteiger partial charge on any atom is 0.307 e. The van der Waals surface area contributed by atoms with Crippen molar-refractivity contribution in [1.82, 2.24) is 0 Å². The molecule has 0 aromatic heterocycles. The molecule has 0 heterocycles. The summed E-state index contributed by atoms with van der Waals surface area (Å²) in [5.74, 6) is -1.27. The second kappa shape index (κ2) is 8.01. The Balaban J connectivity index is 2.28. The van der Waals surface area contributed by atoms with Crippen LogP contribution in [0.5, 0.6) is 0 Å². The molecule has 1 N–H and O–H groups in total. The SMILES string of the molecule is CCC(C(=O)O)C(Cc1ccccc1)(c1ccccc1)c1ccccc1. The second-order valence-electron chi connectivity index (χ2n) is 6.66. The Hall–Kier alpha value is -2.87. The average Bonchev–Trinajstić information content (AvgIpc) is 2.69. The molecule has 0 radical (unpaired) electrons. The Kier molecular flexibility index (Phi) is 5.52. The molecule has 2 nitrogen and oxygen atoms in total. The minimum absolute atomic E-state index is 0.521. The first kappa shape index (κ1) is 17.9. The van der Waals surface area contributed by atoms with Gasteiger partial charge < -0.3 is 5.11 Å². The van der Waals surface area contributed by atoms with Crippen LogP contribution in [0, 0.1) is 5.92 Å². The molecule has 3 aromatic carbocycles. The van der Waals surface area contributed by atoms with Crippen LogP contribution < -0.4 is 0 Å². The van der Waals surface area contributed by atoms with Crippen LogP contribution in [0.1, 0.15) is 30.0 Å². The van der Waals surface area contributed by atoms with Gasteiger partial charge in [0.2, 0.25) is 0 Å². The van der Waals surface area contributed by atoms with E-state index in [0.717, 1.165) is 16.7 Å². The predicted molar refractivity (Wildman–Crippen MR) is 105 cm³/mol. The van der Waals surface area contributed by atoms with Gasteiger partial charge >= 0.3 is 5.97 Å². The summed E-state index contributed by atoms with van der Waals surface area (Å²) in [6.07, 6.45) is 1.21. The number of carboxylic acids is 1. The zero-order chi connectivity index (χ0) is 18.4. The van der Waals surface area contributed by atoms with Gasteiger partial charge in [-0.3, -0.25) is 4.79 Å². The quantitative estimate of drug-likeness (QED) is 0.629. The van der Waals surface area contributed by atoms with Crippen LogP contribution in [-0.4, -0.2) is 11.1 Å². The molecule has 3 rings (SSSR count). The molecule has 0 amide bonds. The van der Waals surface area contributed by atoms with Gasteiger partial charge in [-0.15, -0.1) is 0 Å². The van der Waals surface area contributed by atoms with Gasteiger partial charge in [-0.1, -0.05) is 97.9 Å². The monoisotopic (exact) mass is 344 g/mol. The lowest BCUT2D eigenvalue weighted by atomic mass is 9.62.